The van der Waals surface area contributed by atoms with E-state index < -0.39 is 17.1 Å². The van der Waals surface area contributed by atoms with Crippen molar-refractivity contribution in [3.8, 4) is 0 Å². The molecule has 23 heavy (non-hydrogen) atoms. The molecule has 0 aromatic rings. The number of allylic oxidation sites excluding steroid dienone is 4. The number of Topliss-reactive ketones (excluding diaryl/α,β-unsaturated/α-hetero) is 1. The van der Waals surface area contributed by atoms with Crippen molar-refractivity contribution in [2.24, 2.45) is 16.3 Å². The first kappa shape index (κ1) is 17.9. The molecule has 0 saturated heterocycles. The van der Waals surface area contributed by atoms with Crippen molar-refractivity contribution >= 4 is 29.7 Å². The van der Waals surface area contributed by atoms with E-state index in [9.17, 15) is 9.59 Å². The van der Waals surface area contributed by atoms with Crippen molar-refractivity contribution in [3.63, 3.8) is 0 Å². The number of rotatable bonds is 2. The summed E-state index contributed by atoms with van der Waals surface area (Å²) in [6.45, 7) is 5.36. The molecule has 1 saturated carbocycles. The number of hydrogen-bond donors (Lipinski definition) is 0. The Morgan fingerprint density at radius 1 is 1.43 bits per heavy atom. The summed E-state index contributed by atoms with van der Waals surface area (Å²) in [5, 5.41) is 0.651. The smallest absolute Gasteiger partial charge is 0.433 e. The average Bonchev–Trinajstić information content (AvgIpc) is 2.46. The summed E-state index contributed by atoms with van der Waals surface area (Å²) in [6.07, 6.45) is 10.2. The minimum atomic E-state index is -0.798. The lowest BCUT2D eigenvalue weighted by Crippen LogP contribution is -2.43. The van der Waals surface area contributed by atoms with Crippen LogP contribution in [-0.4, -0.2) is 23.7 Å². The van der Waals surface area contributed by atoms with Gasteiger partial charge in [-0.05, 0) is 46.1 Å². The molecule has 0 radical (unpaired) electrons. The molecule has 4 nitrogen and oxygen atoms in total. The molecule has 1 fully saturated rings. The highest BCUT2D eigenvalue weighted by Crippen LogP contribution is 2.46. The minimum Gasteiger partial charge on any atom is -0.442 e. The van der Waals surface area contributed by atoms with Crippen molar-refractivity contribution in [3.05, 3.63) is 23.3 Å². The number of hydrogen-bond acceptors (Lipinski definition) is 3. The Bertz CT molecular complexity index is 571. The maximum absolute atomic E-state index is 12.7. The summed E-state index contributed by atoms with van der Waals surface area (Å²) in [6, 6.07) is 0. The number of carbonyl (C=O) groups is 2. The topological polar surface area (TPSA) is 55.7 Å². The molecule has 5 heteroatoms. The normalized spacial score (nSPS) is 28.8. The Morgan fingerprint density at radius 2 is 2.17 bits per heavy atom. The van der Waals surface area contributed by atoms with Gasteiger partial charge in [-0.15, -0.1) is 0 Å². The van der Waals surface area contributed by atoms with Crippen LogP contribution in [0.1, 0.15) is 52.9 Å². The van der Waals surface area contributed by atoms with E-state index in [-0.39, 0.29) is 11.7 Å². The number of aliphatic imine (C=N–C) groups is 1. The molecule has 2 aliphatic carbocycles. The zero-order chi connectivity index (χ0) is 17.1. The van der Waals surface area contributed by atoms with Crippen molar-refractivity contribution in [2.45, 2.75) is 58.5 Å². The highest BCUT2D eigenvalue weighted by Gasteiger charge is 2.46. The molecule has 0 aliphatic heterocycles. The van der Waals surface area contributed by atoms with Crippen LogP contribution in [0.3, 0.4) is 0 Å². The maximum Gasteiger partial charge on any atom is 0.433 e. The first-order valence-electron chi connectivity index (χ1n) is 8.08. The lowest BCUT2D eigenvalue weighted by molar-refractivity contribution is -0.128. The Hall–Kier alpha value is -1.42. The Kier molecular flexibility index (Phi) is 5.45. The first-order chi connectivity index (χ1) is 10.7. The summed E-state index contributed by atoms with van der Waals surface area (Å²) in [4.78, 5) is 28.6. The fourth-order valence-electron chi connectivity index (χ4n) is 3.19. The summed E-state index contributed by atoms with van der Waals surface area (Å²) >= 11 is 6.37. The molecule has 0 bridgehead atoms. The minimum absolute atomic E-state index is 0.114. The fraction of sp³-hybridized carbons (Fsp3) is 0.611. The van der Waals surface area contributed by atoms with Gasteiger partial charge >= 0.3 is 6.09 Å². The maximum atomic E-state index is 12.7. The SMILES string of the molecule is CC(C)(C)OC(=O)/N=C/[C@@]1(C2CC=CC=C2Cl)CCCCC1=O. The van der Waals surface area contributed by atoms with Gasteiger partial charge in [0.2, 0.25) is 0 Å². The van der Waals surface area contributed by atoms with Crippen molar-refractivity contribution in [1.82, 2.24) is 0 Å². The molecule has 2 atom stereocenters. The van der Waals surface area contributed by atoms with E-state index in [2.05, 4.69) is 4.99 Å². The molecule has 1 unspecified atom stereocenters. The number of nitrogens with zero attached hydrogens (tertiary/aromatic N) is 1. The van der Waals surface area contributed by atoms with Crippen LogP contribution in [-0.2, 0) is 9.53 Å². The molecule has 2 aliphatic rings. The van der Waals surface area contributed by atoms with Gasteiger partial charge in [-0.25, -0.2) is 4.79 Å². The van der Waals surface area contributed by atoms with Gasteiger partial charge in [0.05, 0.1) is 5.41 Å². The molecule has 1 amide bonds. The van der Waals surface area contributed by atoms with Crippen molar-refractivity contribution < 1.29 is 14.3 Å². The molecule has 2 rings (SSSR count). The van der Waals surface area contributed by atoms with Gasteiger partial charge in [-0.2, -0.15) is 4.99 Å². The second-order valence-electron chi connectivity index (χ2n) is 7.18. The van der Waals surface area contributed by atoms with Crippen molar-refractivity contribution in [1.29, 1.82) is 0 Å². The van der Waals surface area contributed by atoms with Crippen LogP contribution in [0, 0.1) is 11.3 Å². The number of amides is 1. The van der Waals surface area contributed by atoms with Gasteiger partial charge in [0.1, 0.15) is 11.4 Å². The zero-order valence-corrected chi connectivity index (χ0v) is 14.7. The van der Waals surface area contributed by atoms with E-state index in [1.807, 2.05) is 18.2 Å². The fourth-order valence-corrected chi connectivity index (χ4v) is 3.54. The van der Waals surface area contributed by atoms with Gasteiger partial charge in [0.25, 0.3) is 0 Å². The van der Waals surface area contributed by atoms with Crippen LogP contribution in [0.2, 0.25) is 0 Å². The third-order valence-electron chi connectivity index (χ3n) is 4.28. The van der Waals surface area contributed by atoms with Gasteiger partial charge in [-0.1, -0.05) is 30.2 Å². The van der Waals surface area contributed by atoms with Crippen LogP contribution < -0.4 is 0 Å². The first-order valence-corrected chi connectivity index (χ1v) is 8.46. The standard InChI is InChI=1S/C18H24ClNO3/c1-17(2,3)23-16(22)20-12-18(11-7-6-10-15(18)21)13-8-4-5-9-14(13)19/h4-5,9,12-13H,6-8,10-11H2,1-3H3/b20-12+/t13?,18-/m1/s1. The third kappa shape index (κ3) is 4.31. The van der Waals surface area contributed by atoms with E-state index in [4.69, 9.17) is 16.3 Å². The van der Waals surface area contributed by atoms with Gasteiger partial charge in [0, 0.05) is 23.6 Å². The van der Waals surface area contributed by atoms with Gasteiger partial charge < -0.3 is 4.74 Å². The van der Waals surface area contributed by atoms with Crippen LogP contribution >= 0.6 is 11.6 Å². The van der Waals surface area contributed by atoms with E-state index in [0.29, 0.717) is 24.3 Å². The van der Waals surface area contributed by atoms with Crippen LogP contribution in [0.4, 0.5) is 4.79 Å². The lowest BCUT2D eigenvalue weighted by Gasteiger charge is -2.39. The largest absolute Gasteiger partial charge is 0.442 e. The molecule has 126 valence electrons. The molecule has 0 aromatic carbocycles. The number of ketones is 1. The summed E-state index contributed by atoms with van der Waals surface area (Å²) in [5.41, 5.74) is -1.41. The Morgan fingerprint density at radius 3 is 2.78 bits per heavy atom. The average molecular weight is 338 g/mol. The van der Waals surface area contributed by atoms with E-state index in [1.54, 1.807) is 20.8 Å². The molecule has 0 heterocycles. The predicted octanol–water partition coefficient (Wildman–Crippen LogP) is 4.82. The Balaban J connectivity index is 2.28. The van der Waals surface area contributed by atoms with Gasteiger partial charge in [0.15, 0.2) is 0 Å². The predicted molar refractivity (Wildman–Crippen MR) is 91.8 cm³/mol. The summed E-state index contributed by atoms with van der Waals surface area (Å²) < 4.78 is 5.21. The molecular weight excluding hydrogens is 314 g/mol. The van der Waals surface area contributed by atoms with Gasteiger partial charge in [-0.3, -0.25) is 4.79 Å². The third-order valence-corrected chi connectivity index (χ3v) is 4.66. The highest BCUT2D eigenvalue weighted by molar-refractivity contribution is 6.30. The highest BCUT2D eigenvalue weighted by atomic mass is 35.5. The van der Waals surface area contributed by atoms with E-state index in [1.165, 1.54) is 6.21 Å². The molecular formula is C18H24ClNO3. The number of halogens is 1. The lowest BCUT2D eigenvalue weighted by atomic mass is 9.64. The van der Waals surface area contributed by atoms with Crippen LogP contribution in [0.5, 0.6) is 0 Å². The summed E-state index contributed by atoms with van der Waals surface area (Å²) in [5.74, 6) is -0.0314. The van der Waals surface area contributed by atoms with E-state index in [0.717, 1.165) is 12.8 Å². The van der Waals surface area contributed by atoms with E-state index >= 15 is 0 Å². The molecule has 0 spiro atoms. The second-order valence-corrected chi connectivity index (χ2v) is 7.61. The quantitative estimate of drug-likeness (QED) is 0.679. The monoisotopic (exact) mass is 337 g/mol. The second kappa shape index (κ2) is 7.00. The molecule has 0 N–H and O–H groups in total. The van der Waals surface area contributed by atoms with Crippen molar-refractivity contribution in [2.75, 3.05) is 0 Å². The number of ether oxygens (including phenoxy) is 1. The number of carbonyl (C=O) groups excluding carboxylic acids is 2. The summed E-state index contributed by atoms with van der Waals surface area (Å²) in [7, 11) is 0. The zero-order valence-electron chi connectivity index (χ0n) is 14.0. The van der Waals surface area contributed by atoms with Crippen LogP contribution in [0.15, 0.2) is 28.3 Å². The Labute approximate surface area is 142 Å². The van der Waals surface area contributed by atoms with Crippen LogP contribution in [0.25, 0.3) is 0 Å². The molecule has 0 aromatic heterocycles.